The molecule has 0 aliphatic heterocycles. The molecule has 27 heavy (non-hydrogen) atoms. The molecule has 3 aromatic rings. The fraction of sp³-hybridized carbons (Fsp3) is 0.158. The predicted molar refractivity (Wildman–Crippen MR) is 106 cm³/mol. The van der Waals surface area contributed by atoms with Gasteiger partial charge in [0.2, 0.25) is 11.8 Å². The fourth-order valence-electron chi connectivity index (χ4n) is 2.64. The second kappa shape index (κ2) is 8.41. The van der Waals surface area contributed by atoms with Gasteiger partial charge >= 0.3 is 0 Å². The van der Waals surface area contributed by atoms with Crippen molar-refractivity contribution in [3.8, 4) is 0 Å². The van der Waals surface area contributed by atoms with E-state index in [0.717, 1.165) is 5.56 Å². The van der Waals surface area contributed by atoms with Gasteiger partial charge in [0.05, 0.1) is 13.0 Å². The molecule has 7 nitrogen and oxygen atoms in total. The number of hydrogen-bond acceptors (Lipinski definition) is 4. The third-order valence-electron chi connectivity index (χ3n) is 3.81. The highest BCUT2D eigenvalue weighted by molar-refractivity contribution is 7.71. The van der Waals surface area contributed by atoms with E-state index in [9.17, 15) is 9.59 Å². The van der Waals surface area contributed by atoms with Crippen molar-refractivity contribution in [2.24, 2.45) is 0 Å². The number of carbonyl (C=O) groups is 2. The number of carbonyl (C=O) groups excluding carboxylic acids is 2. The van der Waals surface area contributed by atoms with Crippen molar-refractivity contribution in [1.29, 1.82) is 0 Å². The van der Waals surface area contributed by atoms with Crippen LogP contribution in [-0.2, 0) is 22.6 Å². The van der Waals surface area contributed by atoms with Gasteiger partial charge in [0.1, 0.15) is 5.82 Å². The summed E-state index contributed by atoms with van der Waals surface area (Å²) in [4.78, 5) is 23.6. The highest BCUT2D eigenvalue weighted by atomic mass is 32.1. The predicted octanol–water partition coefficient (Wildman–Crippen LogP) is 3.13. The number of amides is 2. The lowest BCUT2D eigenvalue weighted by Crippen LogP contribution is -2.18. The van der Waals surface area contributed by atoms with Gasteiger partial charge < -0.3 is 10.6 Å². The molecule has 1 heterocycles. The number of nitrogens with zero attached hydrogens (tertiary/aromatic N) is 2. The van der Waals surface area contributed by atoms with E-state index in [2.05, 4.69) is 20.8 Å². The number of benzene rings is 2. The molecule has 0 bridgehead atoms. The van der Waals surface area contributed by atoms with Crippen molar-refractivity contribution in [2.45, 2.75) is 19.9 Å². The maximum absolute atomic E-state index is 12.4. The lowest BCUT2D eigenvalue weighted by atomic mass is 10.2. The van der Waals surface area contributed by atoms with E-state index < -0.39 is 0 Å². The highest BCUT2D eigenvalue weighted by Crippen LogP contribution is 2.15. The summed E-state index contributed by atoms with van der Waals surface area (Å²) in [5.41, 5.74) is 2.28. The van der Waals surface area contributed by atoms with Crippen molar-refractivity contribution in [2.75, 3.05) is 10.6 Å². The van der Waals surface area contributed by atoms with Crippen molar-refractivity contribution in [3.63, 3.8) is 0 Å². The summed E-state index contributed by atoms with van der Waals surface area (Å²) in [5, 5.41) is 12.4. The highest BCUT2D eigenvalue weighted by Gasteiger charge is 2.12. The zero-order valence-electron chi connectivity index (χ0n) is 14.7. The molecule has 0 saturated carbocycles. The molecule has 2 aromatic carbocycles. The lowest BCUT2D eigenvalue weighted by molar-refractivity contribution is -0.116. The molecule has 0 radical (unpaired) electrons. The Labute approximate surface area is 161 Å². The first-order chi connectivity index (χ1) is 13.0. The van der Waals surface area contributed by atoms with Gasteiger partial charge in [-0.15, -0.1) is 0 Å². The molecule has 0 atom stereocenters. The minimum atomic E-state index is -0.224. The molecule has 2 amide bonds. The van der Waals surface area contributed by atoms with Gasteiger partial charge in [-0.25, -0.2) is 0 Å². The van der Waals surface area contributed by atoms with Gasteiger partial charge in [-0.2, -0.15) is 5.10 Å². The maximum atomic E-state index is 12.4. The van der Waals surface area contributed by atoms with Crippen molar-refractivity contribution in [3.05, 3.63) is 70.8 Å². The minimum Gasteiger partial charge on any atom is -0.326 e. The lowest BCUT2D eigenvalue weighted by Gasteiger charge is -2.09. The van der Waals surface area contributed by atoms with Crippen LogP contribution >= 0.6 is 12.2 Å². The topological polar surface area (TPSA) is 91.8 Å². The van der Waals surface area contributed by atoms with Gasteiger partial charge in [0.25, 0.3) is 0 Å². The quantitative estimate of drug-likeness (QED) is 0.572. The third kappa shape index (κ3) is 5.11. The summed E-state index contributed by atoms with van der Waals surface area (Å²) in [6, 6.07) is 16.8. The monoisotopic (exact) mass is 381 g/mol. The van der Waals surface area contributed by atoms with Crippen molar-refractivity contribution in [1.82, 2.24) is 14.8 Å². The van der Waals surface area contributed by atoms with Crippen LogP contribution in [0.3, 0.4) is 0 Å². The van der Waals surface area contributed by atoms with Crippen LogP contribution in [0.2, 0.25) is 0 Å². The first-order valence-corrected chi connectivity index (χ1v) is 8.77. The van der Waals surface area contributed by atoms with E-state index in [-0.39, 0.29) is 18.2 Å². The first kappa shape index (κ1) is 18.5. The van der Waals surface area contributed by atoms with Crippen LogP contribution in [0, 0.1) is 4.77 Å². The van der Waals surface area contributed by atoms with Gasteiger partial charge in [0, 0.05) is 18.3 Å². The Morgan fingerprint density at radius 2 is 1.78 bits per heavy atom. The maximum Gasteiger partial charge on any atom is 0.232 e. The molecule has 0 aliphatic rings. The molecule has 3 N–H and O–H groups in total. The molecular formula is C19H19N5O2S. The van der Waals surface area contributed by atoms with E-state index in [1.807, 2.05) is 30.3 Å². The van der Waals surface area contributed by atoms with Gasteiger partial charge in [0.15, 0.2) is 4.77 Å². The van der Waals surface area contributed by atoms with Gasteiger partial charge in [-0.1, -0.05) is 36.4 Å². The summed E-state index contributed by atoms with van der Waals surface area (Å²) >= 11 is 5.28. The number of H-pyrrole nitrogens is 1. The largest absolute Gasteiger partial charge is 0.326 e. The van der Waals surface area contributed by atoms with Crippen LogP contribution < -0.4 is 10.6 Å². The molecule has 1 aromatic heterocycles. The summed E-state index contributed by atoms with van der Waals surface area (Å²) in [5.74, 6) is 0.160. The number of anilines is 2. The summed E-state index contributed by atoms with van der Waals surface area (Å²) in [6.07, 6.45) is 0.0737. The van der Waals surface area contributed by atoms with Crippen LogP contribution in [0.15, 0.2) is 54.6 Å². The zero-order chi connectivity index (χ0) is 19.2. The summed E-state index contributed by atoms with van der Waals surface area (Å²) in [7, 11) is 0. The van der Waals surface area contributed by atoms with Crippen LogP contribution in [0.1, 0.15) is 18.3 Å². The molecule has 138 valence electrons. The van der Waals surface area contributed by atoms with Crippen LogP contribution in [0.25, 0.3) is 0 Å². The summed E-state index contributed by atoms with van der Waals surface area (Å²) in [6.45, 7) is 1.97. The average Bonchev–Trinajstić information content (AvgIpc) is 2.95. The Hall–Kier alpha value is -3.26. The standard InChI is InChI=1S/C19H19N5O2S/c1-13(25)20-15-8-5-9-16(10-15)21-18(26)11-17-22-23-19(27)24(17)12-14-6-3-2-4-7-14/h2-10H,11-12H2,1H3,(H,20,25)(H,21,26)(H,23,27). The Kier molecular flexibility index (Phi) is 5.77. The third-order valence-corrected chi connectivity index (χ3v) is 4.12. The minimum absolute atomic E-state index is 0.0737. The summed E-state index contributed by atoms with van der Waals surface area (Å²) < 4.78 is 2.27. The molecule has 0 fully saturated rings. The molecule has 0 aliphatic carbocycles. The Morgan fingerprint density at radius 3 is 2.48 bits per heavy atom. The van der Waals surface area contributed by atoms with Crippen LogP contribution in [-0.4, -0.2) is 26.6 Å². The van der Waals surface area contributed by atoms with E-state index in [1.165, 1.54) is 6.92 Å². The average molecular weight is 381 g/mol. The number of hydrogen-bond donors (Lipinski definition) is 3. The SMILES string of the molecule is CC(=O)Nc1cccc(NC(=O)Cc2n[nH]c(=S)n2Cc2ccccc2)c1. The van der Waals surface area contributed by atoms with E-state index in [4.69, 9.17) is 12.2 Å². The molecule has 0 spiro atoms. The Balaban J connectivity index is 1.70. The van der Waals surface area contributed by atoms with E-state index in [0.29, 0.717) is 28.5 Å². The number of aromatic nitrogens is 3. The number of nitrogens with one attached hydrogen (secondary N) is 3. The smallest absolute Gasteiger partial charge is 0.232 e. The molecule has 0 saturated heterocycles. The first-order valence-electron chi connectivity index (χ1n) is 8.37. The van der Waals surface area contributed by atoms with Gasteiger partial charge in [-0.05, 0) is 36.0 Å². The molecule has 8 heteroatoms. The van der Waals surface area contributed by atoms with Gasteiger partial charge in [-0.3, -0.25) is 19.3 Å². The van der Waals surface area contributed by atoms with Crippen molar-refractivity contribution >= 4 is 35.4 Å². The molecule has 0 unspecified atom stereocenters. The normalized spacial score (nSPS) is 10.4. The second-order valence-corrected chi connectivity index (χ2v) is 6.39. The van der Waals surface area contributed by atoms with E-state index in [1.54, 1.807) is 28.8 Å². The second-order valence-electron chi connectivity index (χ2n) is 6.00. The van der Waals surface area contributed by atoms with Crippen LogP contribution in [0.5, 0.6) is 0 Å². The molecular weight excluding hydrogens is 362 g/mol. The van der Waals surface area contributed by atoms with E-state index >= 15 is 0 Å². The number of aromatic amines is 1. The van der Waals surface area contributed by atoms with Crippen LogP contribution in [0.4, 0.5) is 11.4 Å². The Morgan fingerprint density at radius 1 is 1.07 bits per heavy atom. The Bertz CT molecular complexity index is 1010. The fourth-order valence-corrected chi connectivity index (χ4v) is 2.86. The zero-order valence-corrected chi connectivity index (χ0v) is 15.5. The number of rotatable bonds is 6. The molecule has 3 rings (SSSR count). The van der Waals surface area contributed by atoms with Crippen molar-refractivity contribution < 1.29 is 9.59 Å².